The topological polar surface area (TPSA) is 68.2 Å². The Morgan fingerprint density at radius 3 is 2.19 bits per heavy atom. The molecule has 0 spiro atoms. The van der Waals surface area contributed by atoms with Gasteiger partial charge in [-0.25, -0.2) is 0 Å². The second-order valence-corrected chi connectivity index (χ2v) is 8.47. The highest BCUT2D eigenvalue weighted by Gasteiger charge is 2.67. The number of halogens is 1. The molecule has 6 rings (SSSR count). The van der Waals surface area contributed by atoms with E-state index in [1.165, 1.54) is 6.21 Å². The number of hydrazone groups is 1. The largest absolute Gasteiger partial charge is 0.496 e. The Morgan fingerprint density at radius 2 is 1.63 bits per heavy atom. The van der Waals surface area contributed by atoms with E-state index in [0.717, 1.165) is 15.9 Å². The summed E-state index contributed by atoms with van der Waals surface area (Å²) in [6, 6.07) is 3.52. The van der Waals surface area contributed by atoms with E-state index in [-0.39, 0.29) is 35.5 Å². The zero-order valence-corrected chi connectivity index (χ0v) is 16.5. The fourth-order valence-corrected chi connectivity index (χ4v) is 5.68. The molecule has 6 nitrogen and oxygen atoms in total. The average Bonchev–Trinajstić information content (AvgIpc) is 3.45. The maximum Gasteiger partial charge on any atom is 0.254 e. The summed E-state index contributed by atoms with van der Waals surface area (Å²) in [5.74, 6) is 1.94. The molecule has 1 aromatic carbocycles. The van der Waals surface area contributed by atoms with Crippen LogP contribution in [0.15, 0.2) is 33.9 Å². The number of carbonyl (C=O) groups excluding carboxylic acids is 2. The smallest absolute Gasteiger partial charge is 0.254 e. The predicted octanol–water partition coefficient (Wildman–Crippen LogP) is 2.85. The number of ether oxygens (including phenoxy) is 2. The van der Waals surface area contributed by atoms with Gasteiger partial charge in [-0.3, -0.25) is 9.59 Å². The highest BCUT2D eigenvalue weighted by atomic mass is 79.9. The van der Waals surface area contributed by atoms with E-state index in [9.17, 15) is 9.59 Å². The van der Waals surface area contributed by atoms with Gasteiger partial charge in [0.25, 0.3) is 11.8 Å². The molecule has 1 saturated heterocycles. The number of carbonyl (C=O) groups is 2. The average molecular weight is 431 g/mol. The fourth-order valence-electron chi connectivity index (χ4n) is 5.16. The monoisotopic (exact) mass is 430 g/mol. The zero-order chi connectivity index (χ0) is 18.9. The molecule has 1 heterocycles. The zero-order valence-electron chi connectivity index (χ0n) is 15.0. The number of allylic oxidation sites excluding steroid dienone is 2. The van der Waals surface area contributed by atoms with Gasteiger partial charge in [0, 0.05) is 11.6 Å². The van der Waals surface area contributed by atoms with E-state index in [1.807, 2.05) is 0 Å². The fraction of sp³-hybridized carbons (Fsp3) is 0.450. The molecule has 140 valence electrons. The van der Waals surface area contributed by atoms with E-state index in [0.29, 0.717) is 28.9 Å². The summed E-state index contributed by atoms with van der Waals surface area (Å²) in [4.78, 5) is 25.9. The molecule has 0 N–H and O–H groups in total. The highest BCUT2D eigenvalue weighted by Crippen LogP contribution is 2.65. The van der Waals surface area contributed by atoms with Crippen molar-refractivity contribution in [1.29, 1.82) is 0 Å². The van der Waals surface area contributed by atoms with Crippen LogP contribution in [0, 0.1) is 35.5 Å². The molecule has 3 fully saturated rings. The Morgan fingerprint density at radius 1 is 1.04 bits per heavy atom. The number of nitrogens with zero attached hydrogens (tertiary/aromatic N) is 2. The van der Waals surface area contributed by atoms with Crippen LogP contribution < -0.4 is 9.47 Å². The molecule has 2 bridgehead atoms. The summed E-state index contributed by atoms with van der Waals surface area (Å²) in [6.07, 6.45) is 6.96. The minimum Gasteiger partial charge on any atom is -0.496 e. The van der Waals surface area contributed by atoms with Gasteiger partial charge in [-0.2, -0.15) is 10.1 Å². The normalized spacial score (nSPS) is 35.6. The lowest BCUT2D eigenvalue weighted by molar-refractivity contribution is -0.140. The Labute approximate surface area is 165 Å². The van der Waals surface area contributed by atoms with E-state index in [2.05, 4.69) is 33.2 Å². The summed E-state index contributed by atoms with van der Waals surface area (Å²) in [7, 11) is 3.12. The van der Waals surface area contributed by atoms with Crippen LogP contribution in [0.2, 0.25) is 0 Å². The first kappa shape index (κ1) is 17.0. The first-order valence-electron chi connectivity index (χ1n) is 9.06. The van der Waals surface area contributed by atoms with Crippen LogP contribution in [0.1, 0.15) is 12.0 Å². The maximum absolute atomic E-state index is 12.9. The van der Waals surface area contributed by atoms with Crippen molar-refractivity contribution < 1.29 is 19.1 Å². The second-order valence-electron chi connectivity index (χ2n) is 7.62. The van der Waals surface area contributed by atoms with Gasteiger partial charge >= 0.3 is 0 Å². The van der Waals surface area contributed by atoms with Crippen molar-refractivity contribution in [3.8, 4) is 11.5 Å². The van der Waals surface area contributed by atoms with E-state index >= 15 is 0 Å². The number of rotatable bonds is 4. The molecule has 6 atom stereocenters. The summed E-state index contributed by atoms with van der Waals surface area (Å²) < 4.78 is 11.4. The van der Waals surface area contributed by atoms with Gasteiger partial charge in [0.15, 0.2) is 0 Å². The summed E-state index contributed by atoms with van der Waals surface area (Å²) in [5.41, 5.74) is 0.657. The third-order valence-electron chi connectivity index (χ3n) is 6.46. The molecule has 2 amide bonds. The van der Waals surface area contributed by atoms with Gasteiger partial charge in [-0.15, -0.1) is 0 Å². The SMILES string of the molecule is COc1cc(OC)c(/C=N\N2C(=O)[C@@H]3[C@@H]4C=C[C@H]([C@@H]5C[C@H]45)[C@H]3C2=O)cc1Br. The molecule has 0 radical (unpaired) electrons. The molecular formula is C20H19BrN2O4. The molecule has 0 aromatic heterocycles. The van der Waals surface area contributed by atoms with Crippen LogP contribution in [0.5, 0.6) is 11.5 Å². The summed E-state index contributed by atoms with van der Waals surface area (Å²) in [5, 5.41) is 5.34. The van der Waals surface area contributed by atoms with E-state index in [1.54, 1.807) is 26.4 Å². The van der Waals surface area contributed by atoms with Crippen LogP contribution in [0.25, 0.3) is 0 Å². The Balaban J connectivity index is 1.45. The molecular weight excluding hydrogens is 412 g/mol. The number of hydrogen-bond donors (Lipinski definition) is 0. The summed E-state index contributed by atoms with van der Waals surface area (Å²) >= 11 is 3.44. The van der Waals surface area contributed by atoms with Crippen LogP contribution in [-0.4, -0.2) is 37.3 Å². The van der Waals surface area contributed by atoms with Crippen molar-refractivity contribution in [3.63, 3.8) is 0 Å². The Kier molecular flexibility index (Phi) is 3.73. The lowest BCUT2D eigenvalue weighted by Crippen LogP contribution is -2.40. The van der Waals surface area contributed by atoms with Crippen molar-refractivity contribution in [3.05, 3.63) is 34.3 Å². The van der Waals surface area contributed by atoms with Crippen molar-refractivity contribution in [1.82, 2.24) is 5.01 Å². The van der Waals surface area contributed by atoms with E-state index in [4.69, 9.17) is 9.47 Å². The van der Waals surface area contributed by atoms with Gasteiger partial charge in [0.05, 0.1) is 36.7 Å². The van der Waals surface area contributed by atoms with Crippen molar-refractivity contribution >= 4 is 34.0 Å². The number of methoxy groups -OCH3 is 2. The van der Waals surface area contributed by atoms with Crippen molar-refractivity contribution in [2.24, 2.45) is 40.6 Å². The minimum absolute atomic E-state index is 0.169. The number of imide groups is 1. The van der Waals surface area contributed by atoms with Gasteiger partial charge in [-0.05, 0) is 52.1 Å². The maximum atomic E-state index is 12.9. The Hall–Kier alpha value is -2.15. The number of benzene rings is 1. The van der Waals surface area contributed by atoms with E-state index < -0.39 is 0 Å². The highest BCUT2D eigenvalue weighted by molar-refractivity contribution is 9.10. The quantitative estimate of drug-likeness (QED) is 0.418. The van der Waals surface area contributed by atoms with Crippen LogP contribution >= 0.6 is 15.9 Å². The van der Waals surface area contributed by atoms with Crippen LogP contribution in [0.3, 0.4) is 0 Å². The lowest BCUT2D eigenvalue weighted by atomic mass is 9.63. The Bertz CT molecular complexity index is 875. The minimum atomic E-state index is -0.238. The molecule has 1 aromatic rings. The van der Waals surface area contributed by atoms with Crippen molar-refractivity contribution in [2.75, 3.05) is 14.2 Å². The first-order valence-corrected chi connectivity index (χ1v) is 9.86. The third-order valence-corrected chi connectivity index (χ3v) is 7.08. The molecule has 4 aliphatic carbocycles. The molecule has 2 saturated carbocycles. The van der Waals surface area contributed by atoms with Gasteiger partial charge in [-0.1, -0.05) is 12.2 Å². The standard InChI is InChI=1S/C20H19BrN2O4/c1-26-15-7-16(27-2)14(21)5-9(15)8-22-23-19(24)17-10-3-4-11(13-6-12(10)13)18(17)20(23)25/h3-5,7-8,10-13,17-18H,6H2,1-2H3/b22-8-/t10-,11-,12-,13+,17-,18-/m1/s1. The number of amides is 2. The summed E-state index contributed by atoms with van der Waals surface area (Å²) in [6.45, 7) is 0. The van der Waals surface area contributed by atoms with Crippen LogP contribution in [0.4, 0.5) is 0 Å². The van der Waals surface area contributed by atoms with Crippen molar-refractivity contribution in [2.45, 2.75) is 6.42 Å². The predicted molar refractivity (Wildman–Crippen MR) is 101 cm³/mol. The first-order chi connectivity index (χ1) is 13.0. The van der Waals surface area contributed by atoms with Gasteiger partial charge in [0.2, 0.25) is 0 Å². The molecule has 5 aliphatic rings. The second kappa shape index (κ2) is 5.92. The molecule has 1 aliphatic heterocycles. The molecule has 0 unspecified atom stereocenters. The van der Waals surface area contributed by atoms with Gasteiger partial charge in [0.1, 0.15) is 11.5 Å². The third kappa shape index (κ3) is 2.33. The molecule has 7 heteroatoms. The van der Waals surface area contributed by atoms with Crippen LogP contribution in [-0.2, 0) is 9.59 Å². The van der Waals surface area contributed by atoms with Gasteiger partial charge < -0.3 is 9.47 Å². The molecule has 27 heavy (non-hydrogen) atoms. The lowest BCUT2D eigenvalue weighted by Gasteiger charge is -2.37. The number of hydrogen-bond acceptors (Lipinski definition) is 5.